The van der Waals surface area contributed by atoms with Crippen LogP contribution in [0.3, 0.4) is 0 Å². The van der Waals surface area contributed by atoms with E-state index in [0.717, 1.165) is 37.7 Å². The first-order chi connectivity index (χ1) is 13.1. The smallest absolute Gasteiger partial charge is 0.289 e. The first-order valence-electron chi connectivity index (χ1n) is 8.81. The van der Waals surface area contributed by atoms with Gasteiger partial charge in [-0.15, -0.1) is 0 Å². The molecule has 2 aromatic carbocycles. The predicted octanol–water partition coefficient (Wildman–Crippen LogP) is 3.65. The van der Waals surface area contributed by atoms with E-state index >= 15 is 0 Å². The van der Waals surface area contributed by atoms with E-state index in [1.165, 1.54) is 0 Å². The van der Waals surface area contributed by atoms with Gasteiger partial charge in [0.25, 0.3) is 5.24 Å². The van der Waals surface area contributed by atoms with Crippen molar-refractivity contribution in [3.8, 4) is 0 Å². The zero-order valence-corrected chi connectivity index (χ0v) is 15.1. The van der Waals surface area contributed by atoms with Crippen LogP contribution in [0.2, 0.25) is 0 Å². The van der Waals surface area contributed by atoms with E-state index in [1.807, 2.05) is 0 Å². The average Bonchev–Trinajstić information content (AvgIpc) is 3.35. The fraction of sp³-hybridized carbons (Fsp3) is 0.200. The molecule has 0 unspecified atom stereocenters. The molecule has 1 fully saturated rings. The zero-order chi connectivity index (χ0) is 18.5. The molecular formula is C20H15N3O3S. The van der Waals surface area contributed by atoms with Gasteiger partial charge in [0.2, 0.25) is 0 Å². The lowest BCUT2D eigenvalue weighted by molar-refractivity contribution is 0.0980. The summed E-state index contributed by atoms with van der Waals surface area (Å²) in [6.07, 6.45) is 2.05. The maximum Gasteiger partial charge on any atom is 0.289 e. The highest BCUT2D eigenvalue weighted by molar-refractivity contribution is 8.13. The Kier molecular flexibility index (Phi) is 3.65. The highest BCUT2D eigenvalue weighted by Gasteiger charge is 2.32. The van der Waals surface area contributed by atoms with Crippen molar-refractivity contribution in [3.05, 3.63) is 58.7 Å². The number of likely N-dealkylation sites (tertiary alicyclic amines) is 1. The molecule has 134 valence electrons. The number of nitrogens with zero attached hydrogens (tertiary/aromatic N) is 2. The Balaban J connectivity index is 1.58. The highest BCUT2D eigenvalue weighted by Crippen LogP contribution is 2.33. The molecule has 7 heteroatoms. The summed E-state index contributed by atoms with van der Waals surface area (Å²) in [5.74, 6) is -0.382. The molecule has 0 radical (unpaired) electrons. The van der Waals surface area contributed by atoms with Crippen LogP contribution >= 0.6 is 11.8 Å². The molecule has 0 saturated carbocycles. The molecular weight excluding hydrogens is 362 g/mol. The molecule has 0 atom stereocenters. The van der Waals surface area contributed by atoms with E-state index in [-0.39, 0.29) is 16.8 Å². The number of hydrogen-bond acceptors (Lipinski definition) is 5. The summed E-state index contributed by atoms with van der Waals surface area (Å²) < 4.78 is 0. The molecule has 2 heterocycles. The number of fused-ring (bicyclic) bond motifs is 4. The van der Waals surface area contributed by atoms with Crippen LogP contribution in [0, 0.1) is 0 Å². The van der Waals surface area contributed by atoms with E-state index in [1.54, 1.807) is 41.3 Å². The Morgan fingerprint density at radius 2 is 1.67 bits per heavy atom. The number of carbonyl (C=O) groups is 3. The van der Waals surface area contributed by atoms with Crippen LogP contribution in [-0.2, 0) is 0 Å². The Bertz CT molecular complexity index is 1130. The minimum Gasteiger partial charge on any atom is -0.333 e. The minimum absolute atomic E-state index is 0.0480. The summed E-state index contributed by atoms with van der Waals surface area (Å²) in [6.45, 7) is 1.54. The fourth-order valence-electron chi connectivity index (χ4n) is 3.73. The van der Waals surface area contributed by atoms with Crippen LogP contribution in [0.4, 0.5) is 4.79 Å². The van der Waals surface area contributed by atoms with Gasteiger partial charge in [0.1, 0.15) is 5.52 Å². The third kappa shape index (κ3) is 2.49. The summed E-state index contributed by atoms with van der Waals surface area (Å²) in [4.78, 5) is 47.6. The molecule has 1 amide bonds. The maximum absolute atomic E-state index is 13.0. The summed E-state index contributed by atoms with van der Waals surface area (Å²) >= 11 is 1.03. The zero-order valence-electron chi connectivity index (χ0n) is 14.3. The third-order valence-electron chi connectivity index (χ3n) is 5.07. The lowest BCUT2D eigenvalue weighted by Crippen LogP contribution is -2.23. The Morgan fingerprint density at radius 1 is 0.963 bits per heavy atom. The lowest BCUT2D eigenvalue weighted by Gasteiger charge is -2.17. The predicted molar refractivity (Wildman–Crippen MR) is 101 cm³/mol. The van der Waals surface area contributed by atoms with Crippen molar-refractivity contribution >= 4 is 39.6 Å². The van der Waals surface area contributed by atoms with Crippen LogP contribution in [0.1, 0.15) is 44.7 Å². The van der Waals surface area contributed by atoms with Crippen molar-refractivity contribution < 1.29 is 14.4 Å². The molecule has 1 aliphatic heterocycles. The first kappa shape index (κ1) is 16.3. The first-order valence-corrected chi connectivity index (χ1v) is 9.63. The van der Waals surface area contributed by atoms with Crippen molar-refractivity contribution in [1.29, 1.82) is 0 Å². The summed E-state index contributed by atoms with van der Waals surface area (Å²) in [7, 11) is 0. The van der Waals surface area contributed by atoms with Gasteiger partial charge in [-0.05, 0) is 25.0 Å². The number of benzene rings is 2. The topological polar surface area (TPSA) is 83.1 Å². The number of aromatic nitrogens is 2. The van der Waals surface area contributed by atoms with Crippen LogP contribution in [0.5, 0.6) is 0 Å². The number of ketones is 2. The van der Waals surface area contributed by atoms with Crippen LogP contribution in [0.15, 0.2) is 41.6 Å². The van der Waals surface area contributed by atoms with Gasteiger partial charge in [0, 0.05) is 41.5 Å². The third-order valence-corrected chi connectivity index (χ3v) is 5.89. The second-order valence-electron chi connectivity index (χ2n) is 6.69. The van der Waals surface area contributed by atoms with E-state index in [0.29, 0.717) is 38.4 Å². The molecule has 1 N–H and O–H groups in total. The van der Waals surface area contributed by atoms with Gasteiger partial charge in [0.15, 0.2) is 16.7 Å². The molecule has 1 saturated heterocycles. The molecule has 1 aliphatic carbocycles. The van der Waals surface area contributed by atoms with Gasteiger partial charge in [-0.25, -0.2) is 4.98 Å². The normalized spacial score (nSPS) is 15.9. The van der Waals surface area contributed by atoms with Crippen molar-refractivity contribution in [2.24, 2.45) is 0 Å². The van der Waals surface area contributed by atoms with Gasteiger partial charge in [0.05, 0.1) is 11.1 Å². The SMILES string of the molecule is O=C1c2ccccc2C(=O)c2c1ccc1[nH]c(SC(=O)N3CCCC3)nc21. The van der Waals surface area contributed by atoms with Crippen LogP contribution < -0.4 is 0 Å². The largest absolute Gasteiger partial charge is 0.333 e. The molecule has 6 nitrogen and oxygen atoms in total. The lowest BCUT2D eigenvalue weighted by atomic mass is 9.83. The molecule has 0 spiro atoms. The summed E-state index contributed by atoms with van der Waals surface area (Å²) in [6, 6.07) is 10.2. The monoisotopic (exact) mass is 377 g/mol. The molecule has 3 aromatic rings. The molecule has 27 heavy (non-hydrogen) atoms. The van der Waals surface area contributed by atoms with E-state index < -0.39 is 0 Å². The quantitative estimate of drug-likeness (QED) is 0.512. The second kappa shape index (κ2) is 6.06. The Labute approximate surface area is 159 Å². The van der Waals surface area contributed by atoms with Crippen molar-refractivity contribution in [2.45, 2.75) is 18.0 Å². The fourth-order valence-corrected chi connectivity index (χ4v) is 4.50. The van der Waals surface area contributed by atoms with E-state index in [9.17, 15) is 14.4 Å². The van der Waals surface area contributed by atoms with Crippen molar-refractivity contribution in [2.75, 3.05) is 13.1 Å². The van der Waals surface area contributed by atoms with Gasteiger partial charge in [-0.3, -0.25) is 14.4 Å². The van der Waals surface area contributed by atoms with Crippen LogP contribution in [0.25, 0.3) is 11.0 Å². The molecule has 5 rings (SSSR count). The highest BCUT2D eigenvalue weighted by atomic mass is 32.2. The summed E-state index contributed by atoms with van der Waals surface area (Å²) in [5, 5.41) is 0.391. The standard InChI is InChI=1S/C20H15N3O3S/c24-17-11-5-1-2-6-12(11)18(25)15-13(17)7-8-14-16(15)22-19(21-14)27-20(26)23-9-3-4-10-23/h1-2,5-8H,3-4,9-10H2,(H,21,22). The van der Waals surface area contributed by atoms with Crippen molar-refractivity contribution in [1.82, 2.24) is 14.9 Å². The number of aromatic amines is 1. The number of rotatable bonds is 1. The van der Waals surface area contributed by atoms with Crippen molar-refractivity contribution in [3.63, 3.8) is 0 Å². The van der Waals surface area contributed by atoms with Gasteiger partial charge < -0.3 is 9.88 Å². The van der Waals surface area contributed by atoms with Crippen LogP contribution in [-0.4, -0.2) is 44.8 Å². The molecule has 0 bridgehead atoms. The number of carbonyl (C=O) groups excluding carboxylic acids is 3. The molecule has 2 aliphatic rings. The maximum atomic E-state index is 13.0. The minimum atomic E-state index is -0.209. The number of amides is 1. The Morgan fingerprint density at radius 3 is 2.41 bits per heavy atom. The van der Waals surface area contributed by atoms with E-state index in [4.69, 9.17) is 0 Å². The number of H-pyrrole nitrogens is 1. The summed E-state index contributed by atoms with van der Waals surface area (Å²) in [5.41, 5.74) is 2.58. The number of thioether (sulfide) groups is 1. The average molecular weight is 377 g/mol. The van der Waals surface area contributed by atoms with Gasteiger partial charge in [-0.1, -0.05) is 24.3 Å². The number of nitrogens with one attached hydrogen (secondary N) is 1. The Hall–Kier alpha value is -2.93. The number of imidazole rings is 1. The van der Waals surface area contributed by atoms with Gasteiger partial charge >= 0.3 is 0 Å². The molecule has 1 aromatic heterocycles. The van der Waals surface area contributed by atoms with E-state index in [2.05, 4.69) is 9.97 Å². The van der Waals surface area contributed by atoms with Gasteiger partial charge in [-0.2, -0.15) is 0 Å². The number of hydrogen-bond donors (Lipinski definition) is 1. The second-order valence-corrected chi connectivity index (χ2v) is 7.63.